The summed E-state index contributed by atoms with van der Waals surface area (Å²) in [5, 5.41) is 21.2. The average Bonchev–Trinajstić information content (AvgIpc) is 2.95. The van der Waals surface area contributed by atoms with Gasteiger partial charge in [-0.05, 0) is 34.5 Å². The maximum atomic E-state index is 13.8. The molecule has 2 N–H and O–H groups in total. The number of benzene rings is 3. The van der Waals surface area contributed by atoms with E-state index in [0.717, 1.165) is 10.9 Å². The van der Waals surface area contributed by atoms with Crippen LogP contribution < -0.4 is 0 Å². The molecule has 0 saturated heterocycles. The molecule has 0 saturated carbocycles. The minimum atomic E-state index is -1.20. The highest BCUT2D eigenvalue weighted by Crippen LogP contribution is 2.30. The third-order valence-electron chi connectivity index (χ3n) is 4.87. The third-order valence-corrected chi connectivity index (χ3v) is 4.87. The van der Waals surface area contributed by atoms with Crippen molar-refractivity contribution in [3.8, 4) is 0 Å². The topological polar surface area (TPSA) is 79.5 Å². The number of hydrogen-bond acceptors (Lipinski definition) is 2. The highest BCUT2D eigenvalue weighted by molar-refractivity contribution is 6.00. The first kappa shape index (κ1) is 17.7. The van der Waals surface area contributed by atoms with E-state index in [1.165, 1.54) is 12.1 Å². The molecule has 0 aliphatic heterocycles. The Hall–Kier alpha value is -3.67. The molecular formula is C22H16FNO4. The van der Waals surface area contributed by atoms with Crippen LogP contribution in [0.5, 0.6) is 0 Å². The molecule has 6 heteroatoms. The van der Waals surface area contributed by atoms with Crippen molar-refractivity contribution in [1.29, 1.82) is 0 Å². The minimum absolute atomic E-state index is 0.0583. The van der Waals surface area contributed by atoms with Gasteiger partial charge in [-0.2, -0.15) is 0 Å². The van der Waals surface area contributed by atoms with Gasteiger partial charge in [0.1, 0.15) is 11.5 Å². The van der Waals surface area contributed by atoms with E-state index in [1.807, 2.05) is 18.2 Å². The molecule has 28 heavy (non-hydrogen) atoms. The molecule has 0 spiro atoms. The van der Waals surface area contributed by atoms with Crippen LogP contribution in [0, 0.1) is 5.82 Å². The third kappa shape index (κ3) is 2.99. The Morgan fingerprint density at radius 1 is 0.929 bits per heavy atom. The zero-order valence-corrected chi connectivity index (χ0v) is 14.7. The maximum absolute atomic E-state index is 13.8. The van der Waals surface area contributed by atoms with Crippen molar-refractivity contribution in [2.45, 2.75) is 13.0 Å². The second-order valence-corrected chi connectivity index (χ2v) is 6.59. The summed E-state index contributed by atoms with van der Waals surface area (Å²) in [6, 6.07) is 17.0. The van der Waals surface area contributed by atoms with Crippen molar-refractivity contribution >= 4 is 33.6 Å². The molecule has 4 aromatic rings. The summed E-state index contributed by atoms with van der Waals surface area (Å²) in [6.45, 7) is 0.183. The van der Waals surface area contributed by atoms with E-state index < -0.39 is 11.9 Å². The summed E-state index contributed by atoms with van der Waals surface area (Å²) in [4.78, 5) is 23.4. The summed E-state index contributed by atoms with van der Waals surface area (Å²) in [7, 11) is 0. The van der Waals surface area contributed by atoms with E-state index in [0.29, 0.717) is 16.3 Å². The average molecular weight is 377 g/mol. The maximum Gasteiger partial charge on any atom is 0.352 e. The standard InChI is InChI=1S/C22H16FNO4/c23-15-9-8-13-4-3-5-14(17(13)10-15)12-24-19-7-2-1-6-16(19)18(11-20(25)26)21(24)22(27)28/h1-10H,11-12H2,(H,25,26)(H,27,28). The number of aromatic carboxylic acids is 1. The smallest absolute Gasteiger partial charge is 0.352 e. The Balaban J connectivity index is 1.97. The van der Waals surface area contributed by atoms with Gasteiger partial charge in [0.15, 0.2) is 0 Å². The van der Waals surface area contributed by atoms with Gasteiger partial charge in [-0.25, -0.2) is 9.18 Å². The van der Waals surface area contributed by atoms with Crippen LogP contribution in [0.4, 0.5) is 4.39 Å². The fourth-order valence-corrected chi connectivity index (χ4v) is 3.73. The van der Waals surface area contributed by atoms with E-state index in [1.54, 1.807) is 34.9 Å². The zero-order valence-electron chi connectivity index (χ0n) is 14.7. The van der Waals surface area contributed by atoms with Crippen LogP contribution in [0.2, 0.25) is 0 Å². The van der Waals surface area contributed by atoms with Crippen molar-refractivity contribution in [2.75, 3.05) is 0 Å². The molecule has 0 amide bonds. The van der Waals surface area contributed by atoms with Gasteiger partial charge in [-0.1, -0.05) is 42.5 Å². The highest BCUT2D eigenvalue weighted by atomic mass is 19.1. The van der Waals surface area contributed by atoms with Crippen LogP contribution in [-0.4, -0.2) is 26.7 Å². The Bertz CT molecular complexity index is 1240. The van der Waals surface area contributed by atoms with Crippen LogP contribution in [-0.2, 0) is 17.8 Å². The van der Waals surface area contributed by atoms with Gasteiger partial charge in [-0.3, -0.25) is 4.79 Å². The number of hydrogen-bond donors (Lipinski definition) is 2. The SMILES string of the molecule is O=C(O)Cc1c(C(=O)O)n(Cc2cccc3ccc(F)cc23)c2ccccc12. The lowest BCUT2D eigenvalue weighted by Gasteiger charge is -2.12. The number of halogens is 1. The Kier molecular flexibility index (Phi) is 4.31. The first-order valence-electron chi connectivity index (χ1n) is 8.68. The highest BCUT2D eigenvalue weighted by Gasteiger charge is 2.24. The number of para-hydroxylation sites is 1. The summed E-state index contributed by atoms with van der Waals surface area (Å²) in [6.07, 6.45) is -0.390. The molecule has 0 bridgehead atoms. The van der Waals surface area contributed by atoms with Crippen molar-refractivity contribution in [3.63, 3.8) is 0 Å². The van der Waals surface area contributed by atoms with Gasteiger partial charge in [0.25, 0.3) is 0 Å². The fraction of sp³-hybridized carbons (Fsp3) is 0.0909. The molecule has 0 unspecified atom stereocenters. The number of carbonyl (C=O) groups is 2. The molecular weight excluding hydrogens is 361 g/mol. The molecule has 0 atom stereocenters. The van der Waals surface area contributed by atoms with E-state index in [-0.39, 0.29) is 30.0 Å². The zero-order chi connectivity index (χ0) is 19.8. The van der Waals surface area contributed by atoms with Gasteiger partial charge >= 0.3 is 11.9 Å². The molecule has 0 aliphatic carbocycles. The normalized spacial score (nSPS) is 11.2. The Morgan fingerprint density at radius 3 is 2.46 bits per heavy atom. The fourth-order valence-electron chi connectivity index (χ4n) is 3.73. The van der Waals surface area contributed by atoms with E-state index in [4.69, 9.17) is 0 Å². The molecule has 1 aromatic heterocycles. The number of carboxylic acids is 2. The van der Waals surface area contributed by atoms with Crippen LogP contribution in [0.1, 0.15) is 21.6 Å². The van der Waals surface area contributed by atoms with Crippen LogP contribution in [0.15, 0.2) is 60.7 Å². The minimum Gasteiger partial charge on any atom is -0.481 e. The Labute approximate surface area is 159 Å². The lowest BCUT2D eigenvalue weighted by molar-refractivity contribution is -0.136. The lowest BCUT2D eigenvalue weighted by Crippen LogP contribution is -2.13. The summed E-state index contributed by atoms with van der Waals surface area (Å²) < 4.78 is 15.4. The molecule has 5 nitrogen and oxygen atoms in total. The first-order chi connectivity index (χ1) is 13.5. The van der Waals surface area contributed by atoms with Crippen molar-refractivity contribution < 1.29 is 24.2 Å². The van der Waals surface area contributed by atoms with E-state index in [2.05, 4.69) is 0 Å². The molecule has 0 radical (unpaired) electrons. The predicted molar refractivity (Wildman–Crippen MR) is 103 cm³/mol. The lowest BCUT2D eigenvalue weighted by atomic mass is 10.0. The number of carboxylic acid groups (broad SMARTS) is 2. The Morgan fingerprint density at radius 2 is 1.71 bits per heavy atom. The second-order valence-electron chi connectivity index (χ2n) is 6.59. The molecule has 3 aromatic carbocycles. The van der Waals surface area contributed by atoms with Gasteiger partial charge in [0.2, 0.25) is 0 Å². The van der Waals surface area contributed by atoms with Crippen LogP contribution >= 0.6 is 0 Å². The number of rotatable bonds is 5. The largest absolute Gasteiger partial charge is 0.481 e. The van der Waals surface area contributed by atoms with Crippen molar-refractivity contribution in [3.05, 3.63) is 83.3 Å². The summed E-state index contributed by atoms with van der Waals surface area (Å²) in [5.41, 5.74) is 1.59. The van der Waals surface area contributed by atoms with Crippen LogP contribution in [0.25, 0.3) is 21.7 Å². The van der Waals surface area contributed by atoms with Crippen LogP contribution in [0.3, 0.4) is 0 Å². The molecule has 140 valence electrons. The monoisotopic (exact) mass is 377 g/mol. The van der Waals surface area contributed by atoms with Crippen molar-refractivity contribution in [1.82, 2.24) is 4.57 Å². The number of fused-ring (bicyclic) bond motifs is 2. The van der Waals surface area contributed by atoms with E-state index in [9.17, 15) is 24.2 Å². The molecule has 0 aliphatic rings. The molecule has 4 rings (SSSR count). The van der Waals surface area contributed by atoms with E-state index >= 15 is 0 Å². The summed E-state index contributed by atoms with van der Waals surface area (Å²) in [5.74, 6) is -2.67. The summed E-state index contributed by atoms with van der Waals surface area (Å²) >= 11 is 0. The quantitative estimate of drug-likeness (QED) is 0.543. The van der Waals surface area contributed by atoms with Gasteiger partial charge in [0, 0.05) is 23.0 Å². The number of aliphatic carboxylic acids is 1. The van der Waals surface area contributed by atoms with Gasteiger partial charge < -0.3 is 14.8 Å². The second kappa shape index (κ2) is 6.81. The van der Waals surface area contributed by atoms with Gasteiger partial charge in [-0.15, -0.1) is 0 Å². The first-order valence-corrected chi connectivity index (χ1v) is 8.68. The predicted octanol–water partition coefficient (Wildman–Crippen LogP) is 4.31. The number of aromatic nitrogens is 1. The molecule has 0 fully saturated rings. The van der Waals surface area contributed by atoms with Crippen molar-refractivity contribution in [2.24, 2.45) is 0 Å². The molecule has 1 heterocycles. The van der Waals surface area contributed by atoms with Gasteiger partial charge in [0.05, 0.1) is 6.42 Å². The number of nitrogens with zero attached hydrogens (tertiary/aromatic N) is 1.